The van der Waals surface area contributed by atoms with Crippen molar-refractivity contribution in [1.29, 1.82) is 0 Å². The number of hydrogen-bond donors (Lipinski definition) is 0. The van der Waals surface area contributed by atoms with E-state index in [0.29, 0.717) is 35.1 Å². The summed E-state index contributed by atoms with van der Waals surface area (Å²) in [5, 5.41) is 8.79. The Morgan fingerprint density at radius 1 is 1.31 bits per heavy atom. The average molecular weight is 405 g/mol. The van der Waals surface area contributed by atoms with E-state index in [0.717, 1.165) is 12.1 Å². The Labute approximate surface area is 153 Å². The van der Waals surface area contributed by atoms with Gasteiger partial charge in [0.2, 0.25) is 0 Å². The van der Waals surface area contributed by atoms with Gasteiger partial charge >= 0.3 is 6.18 Å². The molecule has 0 aliphatic carbocycles. The molecule has 1 atom stereocenters. The van der Waals surface area contributed by atoms with Crippen molar-refractivity contribution in [3.8, 4) is 0 Å². The molecule has 26 heavy (non-hydrogen) atoms. The maximum Gasteiger partial charge on any atom is 0.416 e. The van der Waals surface area contributed by atoms with Crippen LogP contribution in [0.2, 0.25) is 0 Å². The lowest BCUT2D eigenvalue weighted by Gasteiger charge is -2.09. The fraction of sp³-hybridized carbons (Fsp3) is 0.500. The second-order valence-electron chi connectivity index (χ2n) is 6.42. The third kappa shape index (κ3) is 4.59. The first-order chi connectivity index (χ1) is 12.1. The Morgan fingerprint density at radius 3 is 2.73 bits per heavy atom. The molecule has 1 aromatic carbocycles. The maximum absolute atomic E-state index is 12.8. The summed E-state index contributed by atoms with van der Waals surface area (Å²) in [6.45, 7) is 0. The predicted molar refractivity (Wildman–Crippen MR) is 92.5 cm³/mol. The summed E-state index contributed by atoms with van der Waals surface area (Å²) in [6.07, 6.45) is -3.20. The van der Waals surface area contributed by atoms with E-state index in [1.165, 1.54) is 17.8 Å². The monoisotopic (exact) mass is 405 g/mol. The zero-order chi connectivity index (χ0) is 18.9. The lowest BCUT2D eigenvalue weighted by molar-refractivity contribution is -0.137. The quantitative estimate of drug-likeness (QED) is 0.716. The standard InChI is InChI=1S/C16H18F3N3O2S2/c1-22-14(8-12-5-6-26(23,24)10-12)20-21-15(22)25-9-11-3-2-4-13(7-11)16(17,18)19/h2-4,7,12H,5-6,8-10H2,1H3. The smallest absolute Gasteiger partial charge is 0.309 e. The van der Waals surface area contributed by atoms with E-state index in [1.807, 2.05) is 0 Å². The van der Waals surface area contributed by atoms with Crippen LogP contribution in [0.1, 0.15) is 23.4 Å². The molecule has 1 aromatic heterocycles. The van der Waals surface area contributed by atoms with Crippen molar-refractivity contribution in [3.05, 3.63) is 41.2 Å². The van der Waals surface area contributed by atoms with Crippen LogP contribution in [-0.4, -0.2) is 34.7 Å². The van der Waals surface area contributed by atoms with Crippen LogP contribution < -0.4 is 0 Å². The van der Waals surface area contributed by atoms with E-state index in [4.69, 9.17) is 0 Å². The van der Waals surface area contributed by atoms with E-state index in [2.05, 4.69) is 10.2 Å². The molecule has 1 unspecified atom stereocenters. The third-order valence-electron chi connectivity index (χ3n) is 4.35. The fourth-order valence-corrected chi connectivity index (χ4v) is 5.66. The highest BCUT2D eigenvalue weighted by Gasteiger charge is 2.31. The van der Waals surface area contributed by atoms with Gasteiger partial charge in [0.15, 0.2) is 15.0 Å². The molecule has 2 heterocycles. The third-order valence-corrected chi connectivity index (χ3v) is 7.27. The second kappa shape index (κ2) is 7.22. The Bertz CT molecular complexity index is 894. The van der Waals surface area contributed by atoms with Crippen molar-refractivity contribution in [3.63, 3.8) is 0 Å². The van der Waals surface area contributed by atoms with Gasteiger partial charge < -0.3 is 4.57 Å². The number of nitrogens with zero attached hydrogens (tertiary/aromatic N) is 3. The first-order valence-corrected chi connectivity index (χ1v) is 10.8. The van der Waals surface area contributed by atoms with Gasteiger partial charge in [-0.25, -0.2) is 8.42 Å². The lowest BCUT2D eigenvalue weighted by Crippen LogP contribution is -2.11. The van der Waals surface area contributed by atoms with Gasteiger partial charge in [0, 0.05) is 19.2 Å². The molecule has 142 valence electrons. The normalized spacial score (nSPS) is 19.8. The number of halogens is 3. The van der Waals surface area contributed by atoms with Gasteiger partial charge in [-0.05, 0) is 24.0 Å². The number of aromatic nitrogens is 3. The molecule has 0 bridgehead atoms. The summed E-state index contributed by atoms with van der Waals surface area (Å²) >= 11 is 1.30. The average Bonchev–Trinajstić information content (AvgIpc) is 3.08. The molecule has 0 N–H and O–H groups in total. The summed E-state index contributed by atoms with van der Waals surface area (Å²) < 4.78 is 63.2. The van der Waals surface area contributed by atoms with Crippen molar-refractivity contribution >= 4 is 21.6 Å². The zero-order valence-electron chi connectivity index (χ0n) is 14.0. The predicted octanol–water partition coefficient (Wildman–Crippen LogP) is 3.10. The number of hydrogen-bond acceptors (Lipinski definition) is 5. The highest BCUT2D eigenvalue weighted by molar-refractivity contribution is 7.98. The van der Waals surface area contributed by atoms with Crippen LogP contribution in [-0.2, 0) is 35.2 Å². The molecule has 3 rings (SSSR count). The van der Waals surface area contributed by atoms with Gasteiger partial charge in [0.25, 0.3) is 0 Å². The van der Waals surface area contributed by atoms with Gasteiger partial charge in [-0.2, -0.15) is 13.2 Å². The van der Waals surface area contributed by atoms with E-state index < -0.39 is 21.6 Å². The molecule has 0 radical (unpaired) electrons. The fourth-order valence-electron chi connectivity index (χ4n) is 2.93. The van der Waals surface area contributed by atoms with Crippen LogP contribution in [0.3, 0.4) is 0 Å². The van der Waals surface area contributed by atoms with Gasteiger partial charge in [0.05, 0.1) is 17.1 Å². The molecule has 1 fully saturated rings. The van der Waals surface area contributed by atoms with Crippen LogP contribution in [0, 0.1) is 5.92 Å². The first-order valence-electron chi connectivity index (χ1n) is 8.02. The largest absolute Gasteiger partial charge is 0.416 e. The van der Waals surface area contributed by atoms with Crippen LogP contribution >= 0.6 is 11.8 Å². The van der Waals surface area contributed by atoms with E-state index >= 15 is 0 Å². The molecule has 2 aromatic rings. The number of alkyl halides is 3. The Morgan fingerprint density at radius 2 is 2.08 bits per heavy atom. The number of sulfone groups is 1. The summed E-state index contributed by atoms with van der Waals surface area (Å²) in [4.78, 5) is 0. The molecule has 10 heteroatoms. The number of benzene rings is 1. The van der Waals surface area contributed by atoms with Crippen LogP contribution in [0.25, 0.3) is 0 Å². The van der Waals surface area contributed by atoms with Crippen molar-refractivity contribution < 1.29 is 21.6 Å². The topological polar surface area (TPSA) is 64.8 Å². The highest BCUT2D eigenvalue weighted by atomic mass is 32.2. The van der Waals surface area contributed by atoms with E-state index in [-0.39, 0.29) is 17.4 Å². The highest BCUT2D eigenvalue weighted by Crippen LogP contribution is 2.31. The van der Waals surface area contributed by atoms with Crippen LogP contribution in [0.5, 0.6) is 0 Å². The summed E-state index contributed by atoms with van der Waals surface area (Å²) in [5.41, 5.74) is -0.118. The lowest BCUT2D eigenvalue weighted by atomic mass is 10.1. The molecule has 0 spiro atoms. The molecule has 1 aliphatic heterocycles. The minimum absolute atomic E-state index is 0.0456. The van der Waals surface area contributed by atoms with Gasteiger partial charge in [-0.3, -0.25) is 0 Å². The molecule has 0 saturated carbocycles. The van der Waals surface area contributed by atoms with Gasteiger partial charge in [-0.15, -0.1) is 10.2 Å². The second-order valence-corrected chi connectivity index (χ2v) is 9.59. The minimum Gasteiger partial charge on any atom is -0.309 e. The molecule has 1 aliphatic rings. The van der Waals surface area contributed by atoms with Crippen molar-refractivity contribution in [1.82, 2.24) is 14.8 Å². The molecule has 0 amide bonds. The minimum atomic E-state index is -4.36. The molecular weight excluding hydrogens is 387 g/mol. The van der Waals surface area contributed by atoms with Gasteiger partial charge in [0.1, 0.15) is 5.82 Å². The molecule has 1 saturated heterocycles. The van der Waals surface area contributed by atoms with Crippen LogP contribution in [0.4, 0.5) is 13.2 Å². The van der Waals surface area contributed by atoms with Crippen molar-refractivity contribution in [2.45, 2.75) is 29.9 Å². The van der Waals surface area contributed by atoms with Crippen molar-refractivity contribution in [2.75, 3.05) is 11.5 Å². The zero-order valence-corrected chi connectivity index (χ0v) is 15.7. The Balaban J connectivity index is 1.64. The van der Waals surface area contributed by atoms with E-state index in [1.54, 1.807) is 17.7 Å². The number of rotatable bonds is 5. The molecular formula is C16H18F3N3O2S2. The molecule has 5 nitrogen and oxygen atoms in total. The van der Waals surface area contributed by atoms with E-state index in [9.17, 15) is 21.6 Å². The van der Waals surface area contributed by atoms with Gasteiger partial charge in [-0.1, -0.05) is 30.0 Å². The number of thioether (sulfide) groups is 1. The Hall–Kier alpha value is -1.55. The summed E-state index contributed by atoms with van der Waals surface area (Å²) in [5.74, 6) is 1.47. The summed E-state index contributed by atoms with van der Waals surface area (Å²) in [6, 6.07) is 5.21. The van der Waals surface area contributed by atoms with Crippen LogP contribution in [0.15, 0.2) is 29.4 Å². The van der Waals surface area contributed by atoms with Crippen molar-refractivity contribution in [2.24, 2.45) is 13.0 Å². The maximum atomic E-state index is 12.8. The Kier molecular flexibility index (Phi) is 5.34. The summed E-state index contributed by atoms with van der Waals surface area (Å²) in [7, 11) is -1.15. The SMILES string of the molecule is Cn1c(CC2CCS(=O)(=O)C2)nnc1SCc1cccc(C(F)(F)F)c1. The first kappa shape index (κ1) is 19.2.